The van der Waals surface area contributed by atoms with Gasteiger partial charge in [-0.3, -0.25) is 4.68 Å². The van der Waals surface area contributed by atoms with Crippen LogP contribution in [0.3, 0.4) is 0 Å². The molecule has 1 aliphatic heterocycles. The van der Waals surface area contributed by atoms with E-state index in [4.69, 9.17) is 10.00 Å². The fraction of sp³-hybridized carbons (Fsp3) is 0.222. The van der Waals surface area contributed by atoms with Crippen LogP contribution in [0.5, 0.6) is 5.88 Å². The molecule has 0 radical (unpaired) electrons. The number of hydrogen-bond donors (Lipinski definition) is 2. The Kier molecular flexibility index (Phi) is 6.60. The second-order valence-electron chi connectivity index (χ2n) is 8.64. The Hall–Kier alpha value is -4.29. The molecular formula is C27H24F2N6O. The molecule has 5 rings (SSSR count). The van der Waals surface area contributed by atoms with Crippen molar-refractivity contribution in [3.05, 3.63) is 95.4 Å². The van der Waals surface area contributed by atoms with Crippen molar-refractivity contribution in [2.24, 2.45) is 7.05 Å². The predicted molar refractivity (Wildman–Crippen MR) is 131 cm³/mol. The molecule has 2 atom stereocenters. The van der Waals surface area contributed by atoms with Gasteiger partial charge < -0.3 is 15.4 Å². The molecule has 36 heavy (non-hydrogen) atoms. The molecule has 0 unspecified atom stereocenters. The van der Waals surface area contributed by atoms with Gasteiger partial charge in [0.25, 0.3) is 0 Å². The second-order valence-corrected chi connectivity index (χ2v) is 8.64. The molecule has 0 fully saturated rings. The Labute approximate surface area is 207 Å². The highest BCUT2D eigenvalue weighted by Gasteiger charge is 2.30. The van der Waals surface area contributed by atoms with Crippen molar-refractivity contribution in [2.45, 2.75) is 18.6 Å². The van der Waals surface area contributed by atoms with Crippen molar-refractivity contribution in [1.29, 1.82) is 5.26 Å². The number of hydrogen-bond acceptors (Lipinski definition) is 6. The third-order valence-corrected chi connectivity index (χ3v) is 6.19. The van der Waals surface area contributed by atoms with Crippen molar-refractivity contribution < 1.29 is 13.5 Å². The highest BCUT2D eigenvalue weighted by Crippen LogP contribution is 2.34. The van der Waals surface area contributed by atoms with E-state index in [1.807, 2.05) is 49.6 Å². The first-order valence-electron chi connectivity index (χ1n) is 11.6. The van der Waals surface area contributed by atoms with Crippen LogP contribution in [0.2, 0.25) is 0 Å². The smallest absolute Gasteiger partial charge is 0.237 e. The summed E-state index contributed by atoms with van der Waals surface area (Å²) in [6.07, 6.45) is 5.26. The molecule has 0 saturated carbocycles. The van der Waals surface area contributed by atoms with Crippen LogP contribution in [-0.4, -0.2) is 34.0 Å². The van der Waals surface area contributed by atoms with Crippen LogP contribution in [0.1, 0.15) is 22.7 Å². The van der Waals surface area contributed by atoms with Crippen molar-refractivity contribution in [1.82, 2.24) is 20.1 Å². The molecule has 7 nitrogen and oxygen atoms in total. The van der Waals surface area contributed by atoms with Gasteiger partial charge in [0.2, 0.25) is 5.88 Å². The highest BCUT2D eigenvalue weighted by molar-refractivity contribution is 5.69. The molecule has 0 saturated heterocycles. The number of nitrogens with zero attached hydrogens (tertiary/aromatic N) is 4. The van der Waals surface area contributed by atoms with Gasteiger partial charge in [0.15, 0.2) is 0 Å². The van der Waals surface area contributed by atoms with E-state index in [1.54, 1.807) is 23.1 Å². The molecule has 3 heterocycles. The summed E-state index contributed by atoms with van der Waals surface area (Å²) < 4.78 is 36.7. The SMILES string of the molecule is Cn1cc(-c2cnc3c(c2)NC[C@@H]([C@H](NCCc2c(F)cc(C#N)cc2F)c2ccccc2)O3)cn1. The zero-order valence-corrected chi connectivity index (χ0v) is 19.6. The lowest BCUT2D eigenvalue weighted by Crippen LogP contribution is -2.43. The summed E-state index contributed by atoms with van der Waals surface area (Å²) in [6, 6.07) is 15.4. The van der Waals surface area contributed by atoms with Gasteiger partial charge in [-0.2, -0.15) is 10.4 Å². The Morgan fingerprint density at radius 3 is 2.64 bits per heavy atom. The quantitative estimate of drug-likeness (QED) is 0.403. The minimum absolute atomic E-state index is 0.0385. The molecule has 0 bridgehead atoms. The number of aryl methyl sites for hydroxylation is 1. The summed E-state index contributed by atoms with van der Waals surface area (Å²) in [5.41, 5.74) is 3.58. The Morgan fingerprint density at radius 2 is 1.94 bits per heavy atom. The number of fused-ring (bicyclic) bond motifs is 1. The van der Waals surface area contributed by atoms with E-state index in [9.17, 15) is 8.78 Å². The maximum Gasteiger partial charge on any atom is 0.237 e. The number of rotatable bonds is 7. The van der Waals surface area contributed by atoms with Crippen molar-refractivity contribution >= 4 is 5.69 Å². The van der Waals surface area contributed by atoms with E-state index in [-0.39, 0.29) is 29.7 Å². The van der Waals surface area contributed by atoms with Crippen molar-refractivity contribution in [3.63, 3.8) is 0 Å². The Bertz CT molecular complexity index is 1390. The fourth-order valence-corrected chi connectivity index (χ4v) is 4.37. The van der Waals surface area contributed by atoms with Gasteiger partial charge in [-0.15, -0.1) is 0 Å². The van der Waals surface area contributed by atoms with Gasteiger partial charge in [0.1, 0.15) is 17.7 Å². The van der Waals surface area contributed by atoms with Crippen LogP contribution in [0.15, 0.2) is 67.1 Å². The van der Waals surface area contributed by atoms with Gasteiger partial charge in [-0.25, -0.2) is 13.8 Å². The minimum Gasteiger partial charge on any atom is -0.469 e. The first-order chi connectivity index (χ1) is 17.5. The second kappa shape index (κ2) is 10.1. The van der Waals surface area contributed by atoms with Crippen LogP contribution in [-0.2, 0) is 13.5 Å². The summed E-state index contributed by atoms with van der Waals surface area (Å²) >= 11 is 0. The number of pyridine rings is 1. The van der Waals surface area contributed by atoms with Crippen LogP contribution in [0.25, 0.3) is 11.1 Å². The highest BCUT2D eigenvalue weighted by atomic mass is 19.1. The molecule has 4 aromatic rings. The minimum atomic E-state index is -0.720. The molecule has 2 N–H and O–H groups in total. The van der Waals surface area contributed by atoms with E-state index >= 15 is 0 Å². The Balaban J connectivity index is 1.33. The Morgan fingerprint density at radius 1 is 1.17 bits per heavy atom. The number of aromatic nitrogens is 3. The lowest BCUT2D eigenvalue weighted by molar-refractivity contribution is 0.150. The normalized spacial score (nSPS) is 15.3. The summed E-state index contributed by atoms with van der Waals surface area (Å²) in [5.74, 6) is -0.948. The van der Waals surface area contributed by atoms with Crippen molar-refractivity contribution in [2.75, 3.05) is 18.4 Å². The molecule has 1 aliphatic rings. The standard InChI is InChI=1S/C27H24F2N6O/c1-35-16-20(14-34-35)19-11-24-27(33-13-19)36-25(15-32-24)26(18-5-3-2-4-6-18)31-8-7-21-22(28)9-17(12-30)10-23(21)29/h2-6,9-11,13-14,16,25-26,31-32H,7-8,15H2,1H3/t25-,26+/m0/s1. The van der Waals surface area contributed by atoms with E-state index in [2.05, 4.69) is 20.7 Å². The van der Waals surface area contributed by atoms with E-state index in [1.165, 1.54) is 0 Å². The van der Waals surface area contributed by atoms with Crippen LogP contribution in [0, 0.1) is 23.0 Å². The van der Waals surface area contributed by atoms with E-state index in [0.29, 0.717) is 19.0 Å². The molecule has 9 heteroatoms. The maximum atomic E-state index is 14.4. The fourth-order valence-electron chi connectivity index (χ4n) is 4.37. The van der Waals surface area contributed by atoms with Crippen molar-refractivity contribution in [3.8, 4) is 23.1 Å². The first kappa shape index (κ1) is 23.5. The molecule has 182 valence electrons. The van der Waals surface area contributed by atoms with Crippen LogP contribution in [0.4, 0.5) is 14.5 Å². The zero-order valence-electron chi connectivity index (χ0n) is 19.6. The number of halogens is 2. The average molecular weight is 487 g/mol. The van der Waals surface area contributed by atoms with Crippen LogP contribution >= 0.6 is 0 Å². The van der Waals surface area contributed by atoms with Gasteiger partial charge in [0.05, 0.1) is 36.1 Å². The number of anilines is 1. The summed E-state index contributed by atoms with van der Waals surface area (Å²) in [7, 11) is 1.86. The maximum absolute atomic E-state index is 14.4. The average Bonchev–Trinajstić information content (AvgIpc) is 3.34. The summed E-state index contributed by atoms with van der Waals surface area (Å²) in [6.45, 7) is 0.816. The van der Waals surface area contributed by atoms with Gasteiger partial charge in [-0.1, -0.05) is 30.3 Å². The number of benzene rings is 2. The molecule has 2 aromatic heterocycles. The molecule has 0 spiro atoms. The number of nitrogens with one attached hydrogen (secondary N) is 2. The number of nitriles is 1. The van der Waals surface area contributed by atoms with E-state index < -0.39 is 11.6 Å². The summed E-state index contributed by atoms with van der Waals surface area (Å²) in [4.78, 5) is 4.52. The van der Waals surface area contributed by atoms with Gasteiger partial charge in [-0.05, 0) is 30.2 Å². The molecule has 0 amide bonds. The molecular weight excluding hydrogens is 462 g/mol. The third-order valence-electron chi connectivity index (χ3n) is 6.19. The largest absolute Gasteiger partial charge is 0.469 e. The summed E-state index contributed by atoms with van der Waals surface area (Å²) in [5, 5.41) is 19.9. The third kappa shape index (κ3) is 4.90. The topological polar surface area (TPSA) is 87.8 Å². The van der Waals surface area contributed by atoms with Gasteiger partial charge in [0, 0.05) is 42.7 Å². The monoisotopic (exact) mass is 486 g/mol. The zero-order chi connectivity index (χ0) is 25.1. The molecule has 0 aliphatic carbocycles. The predicted octanol–water partition coefficient (Wildman–Crippen LogP) is 4.38. The van der Waals surface area contributed by atoms with E-state index in [0.717, 1.165) is 34.5 Å². The first-order valence-corrected chi connectivity index (χ1v) is 11.6. The van der Waals surface area contributed by atoms with Crippen LogP contribution < -0.4 is 15.4 Å². The lowest BCUT2D eigenvalue weighted by Gasteiger charge is -2.33. The lowest BCUT2D eigenvalue weighted by atomic mass is 9.99. The molecule has 2 aromatic carbocycles. The number of ether oxygens (including phenoxy) is 1. The van der Waals surface area contributed by atoms with Gasteiger partial charge >= 0.3 is 0 Å².